The van der Waals surface area contributed by atoms with Crippen molar-refractivity contribution in [2.24, 2.45) is 0 Å². The zero-order valence-corrected chi connectivity index (χ0v) is 18.0. The molecule has 6 heteroatoms. The van der Waals surface area contributed by atoms with E-state index >= 15 is 0 Å². The van der Waals surface area contributed by atoms with Crippen LogP contribution in [-0.4, -0.2) is 24.2 Å². The molecule has 0 aromatic heterocycles. The van der Waals surface area contributed by atoms with Crippen molar-refractivity contribution in [3.63, 3.8) is 0 Å². The molecule has 0 aliphatic heterocycles. The fourth-order valence-corrected chi connectivity index (χ4v) is 3.10. The van der Waals surface area contributed by atoms with Crippen LogP contribution in [0.4, 0.5) is 0 Å². The molecule has 1 atom stereocenters. The van der Waals surface area contributed by atoms with E-state index in [1.54, 1.807) is 60.7 Å². The summed E-state index contributed by atoms with van der Waals surface area (Å²) in [6.07, 6.45) is -1.11. The number of carbonyl (C=O) groups is 3. The molecule has 0 spiro atoms. The molecule has 5 nitrogen and oxygen atoms in total. The molecule has 0 aliphatic carbocycles. The number of ketones is 1. The summed E-state index contributed by atoms with van der Waals surface area (Å²) in [5.74, 6) is -1.48. The zero-order valence-electron chi connectivity index (χ0n) is 17.2. The molecule has 3 aromatic rings. The summed E-state index contributed by atoms with van der Waals surface area (Å²) in [5, 5.41) is 3.01. The predicted octanol–water partition coefficient (Wildman–Crippen LogP) is 4.85. The highest BCUT2D eigenvalue weighted by molar-refractivity contribution is 6.30. The van der Waals surface area contributed by atoms with Crippen molar-refractivity contribution in [3.8, 4) is 0 Å². The third-order valence-corrected chi connectivity index (χ3v) is 5.13. The second-order valence-corrected chi connectivity index (χ2v) is 7.57. The van der Waals surface area contributed by atoms with E-state index in [1.165, 1.54) is 0 Å². The highest BCUT2D eigenvalue weighted by Gasteiger charge is 2.26. The van der Waals surface area contributed by atoms with Gasteiger partial charge in [0, 0.05) is 21.7 Å². The third kappa shape index (κ3) is 5.80. The Balaban J connectivity index is 1.73. The van der Waals surface area contributed by atoms with E-state index in [9.17, 15) is 14.4 Å². The van der Waals surface area contributed by atoms with Crippen molar-refractivity contribution < 1.29 is 19.1 Å². The summed E-state index contributed by atoms with van der Waals surface area (Å²) in [4.78, 5) is 37.8. The van der Waals surface area contributed by atoms with Gasteiger partial charge in [-0.3, -0.25) is 14.4 Å². The second-order valence-electron chi connectivity index (χ2n) is 7.13. The number of aryl methyl sites for hydroxylation is 2. The highest BCUT2D eigenvalue weighted by Crippen LogP contribution is 2.24. The van der Waals surface area contributed by atoms with Gasteiger partial charge in [-0.1, -0.05) is 54.1 Å². The Kier molecular flexibility index (Phi) is 7.21. The van der Waals surface area contributed by atoms with Gasteiger partial charge in [-0.15, -0.1) is 0 Å². The summed E-state index contributed by atoms with van der Waals surface area (Å²) < 4.78 is 5.50. The van der Waals surface area contributed by atoms with Crippen molar-refractivity contribution in [3.05, 3.63) is 106 Å². The van der Waals surface area contributed by atoms with Gasteiger partial charge in [0.25, 0.3) is 5.91 Å². The summed E-state index contributed by atoms with van der Waals surface area (Å²) >= 11 is 5.82. The van der Waals surface area contributed by atoms with Gasteiger partial charge in [-0.25, -0.2) is 0 Å². The molecular formula is C25H22ClNO4. The average Bonchev–Trinajstić information content (AvgIpc) is 2.78. The minimum atomic E-state index is -1.11. The van der Waals surface area contributed by atoms with Crippen LogP contribution in [0.15, 0.2) is 72.8 Å². The maximum atomic E-state index is 13.2. The van der Waals surface area contributed by atoms with E-state index in [0.29, 0.717) is 21.7 Å². The van der Waals surface area contributed by atoms with Gasteiger partial charge >= 0.3 is 5.97 Å². The van der Waals surface area contributed by atoms with Crippen LogP contribution in [0.5, 0.6) is 0 Å². The highest BCUT2D eigenvalue weighted by atomic mass is 35.5. The molecule has 3 aromatic carbocycles. The Bertz CT molecular complexity index is 1090. The maximum absolute atomic E-state index is 13.2. The molecule has 0 fully saturated rings. The first-order valence-corrected chi connectivity index (χ1v) is 10.1. The Labute approximate surface area is 186 Å². The number of nitrogens with one attached hydrogen (secondary N) is 1. The number of hydrogen-bond donors (Lipinski definition) is 1. The quantitative estimate of drug-likeness (QED) is 0.425. The third-order valence-electron chi connectivity index (χ3n) is 4.88. The van der Waals surface area contributed by atoms with E-state index in [1.807, 2.05) is 26.0 Å². The summed E-state index contributed by atoms with van der Waals surface area (Å²) in [6.45, 7) is 3.51. The first kappa shape index (κ1) is 22.2. The SMILES string of the molecule is Cc1ccc(C(=O)[C@@H](OC(=O)CNC(=O)c2ccc(Cl)cc2)c2ccccc2)cc1C. The van der Waals surface area contributed by atoms with Gasteiger partial charge in [0.15, 0.2) is 6.10 Å². The van der Waals surface area contributed by atoms with E-state index in [-0.39, 0.29) is 12.3 Å². The minimum Gasteiger partial charge on any atom is -0.448 e. The lowest BCUT2D eigenvalue weighted by Gasteiger charge is -2.18. The Morgan fingerprint density at radius 1 is 0.871 bits per heavy atom. The van der Waals surface area contributed by atoms with Crippen LogP contribution in [0.3, 0.4) is 0 Å². The van der Waals surface area contributed by atoms with Crippen LogP contribution < -0.4 is 5.32 Å². The minimum absolute atomic E-state index is 0.327. The van der Waals surface area contributed by atoms with Gasteiger partial charge in [0.05, 0.1) is 0 Å². The largest absolute Gasteiger partial charge is 0.448 e. The maximum Gasteiger partial charge on any atom is 0.326 e. The first-order chi connectivity index (χ1) is 14.8. The Hall–Kier alpha value is -3.44. The van der Waals surface area contributed by atoms with Crippen molar-refractivity contribution in [1.82, 2.24) is 5.32 Å². The van der Waals surface area contributed by atoms with Crippen molar-refractivity contribution in [1.29, 1.82) is 0 Å². The Morgan fingerprint density at radius 3 is 2.16 bits per heavy atom. The van der Waals surface area contributed by atoms with E-state index < -0.39 is 18.0 Å². The first-order valence-electron chi connectivity index (χ1n) is 9.75. The van der Waals surface area contributed by atoms with E-state index in [4.69, 9.17) is 16.3 Å². The fraction of sp³-hybridized carbons (Fsp3) is 0.160. The zero-order chi connectivity index (χ0) is 22.4. The molecule has 0 radical (unpaired) electrons. The standard InChI is InChI=1S/C25H22ClNO4/c1-16-8-9-20(14-17(16)2)23(29)24(18-6-4-3-5-7-18)31-22(28)15-27-25(30)19-10-12-21(26)13-11-19/h3-14,24H,15H2,1-2H3,(H,27,30)/t24-/m0/s1. The van der Waals surface area contributed by atoms with Gasteiger partial charge in [-0.2, -0.15) is 0 Å². The molecule has 1 amide bonds. The molecule has 0 saturated heterocycles. The molecule has 0 aliphatic rings. The number of hydrogen-bond acceptors (Lipinski definition) is 4. The number of rotatable bonds is 7. The molecule has 0 unspecified atom stereocenters. The smallest absolute Gasteiger partial charge is 0.326 e. The second kappa shape index (κ2) is 10.0. The average molecular weight is 436 g/mol. The van der Waals surface area contributed by atoms with Crippen molar-refractivity contribution in [2.75, 3.05) is 6.54 Å². The van der Waals surface area contributed by atoms with Crippen LogP contribution in [0.1, 0.15) is 43.5 Å². The van der Waals surface area contributed by atoms with Gasteiger partial charge < -0.3 is 10.1 Å². The molecule has 3 rings (SSSR count). The van der Waals surface area contributed by atoms with Crippen molar-refractivity contribution >= 4 is 29.3 Å². The monoisotopic (exact) mass is 435 g/mol. The fourth-order valence-electron chi connectivity index (χ4n) is 2.98. The number of benzene rings is 3. The van der Waals surface area contributed by atoms with Gasteiger partial charge in [-0.05, 0) is 55.3 Å². The molecule has 1 N–H and O–H groups in total. The number of Topliss-reactive ketones (excluding diaryl/α,β-unsaturated/α-hetero) is 1. The lowest BCUT2D eigenvalue weighted by molar-refractivity contribution is -0.146. The molecule has 0 heterocycles. The molecule has 31 heavy (non-hydrogen) atoms. The lowest BCUT2D eigenvalue weighted by atomic mass is 9.97. The molecule has 158 valence electrons. The van der Waals surface area contributed by atoms with E-state index in [2.05, 4.69) is 5.32 Å². The van der Waals surface area contributed by atoms with Crippen LogP contribution >= 0.6 is 11.6 Å². The Morgan fingerprint density at radius 2 is 1.52 bits per heavy atom. The van der Waals surface area contributed by atoms with Crippen LogP contribution in [-0.2, 0) is 9.53 Å². The van der Waals surface area contributed by atoms with Gasteiger partial charge in [0.1, 0.15) is 6.54 Å². The number of carbonyl (C=O) groups excluding carboxylic acids is 3. The molecular weight excluding hydrogens is 414 g/mol. The van der Waals surface area contributed by atoms with Crippen LogP contribution in [0.25, 0.3) is 0 Å². The normalized spacial score (nSPS) is 11.5. The number of amides is 1. The number of ether oxygens (including phenoxy) is 1. The summed E-state index contributed by atoms with van der Waals surface area (Å²) in [5.41, 5.74) is 3.41. The lowest BCUT2D eigenvalue weighted by Crippen LogP contribution is -2.32. The number of esters is 1. The summed E-state index contributed by atoms with van der Waals surface area (Å²) in [7, 11) is 0. The van der Waals surface area contributed by atoms with E-state index in [0.717, 1.165) is 11.1 Å². The van der Waals surface area contributed by atoms with Crippen LogP contribution in [0.2, 0.25) is 5.02 Å². The molecule has 0 saturated carbocycles. The molecule has 0 bridgehead atoms. The predicted molar refractivity (Wildman–Crippen MR) is 119 cm³/mol. The summed E-state index contributed by atoms with van der Waals surface area (Å²) in [6, 6.07) is 20.4. The van der Waals surface area contributed by atoms with Crippen LogP contribution in [0, 0.1) is 13.8 Å². The van der Waals surface area contributed by atoms with Crippen molar-refractivity contribution in [2.45, 2.75) is 20.0 Å². The van der Waals surface area contributed by atoms with Gasteiger partial charge in [0.2, 0.25) is 5.78 Å². The topological polar surface area (TPSA) is 72.5 Å². The number of halogens is 1.